The van der Waals surface area contributed by atoms with Crippen molar-refractivity contribution in [3.8, 4) is 33.4 Å². The molecule has 0 amide bonds. The van der Waals surface area contributed by atoms with Gasteiger partial charge >= 0.3 is 0 Å². The lowest BCUT2D eigenvalue weighted by atomic mass is 9.77. The molecule has 2 nitrogen and oxygen atoms in total. The van der Waals surface area contributed by atoms with Gasteiger partial charge in [-0.05, 0) is 80.6 Å². The van der Waals surface area contributed by atoms with Crippen LogP contribution in [-0.4, -0.2) is 0 Å². The average molecular weight is 666 g/mol. The Balaban J connectivity index is 1.15. The molecule has 8 aromatic rings. The third kappa shape index (κ3) is 5.11. The third-order valence-electron chi connectivity index (χ3n) is 10.6. The van der Waals surface area contributed by atoms with Crippen LogP contribution in [0.5, 0.6) is 0 Å². The molecule has 2 atom stereocenters. The first-order chi connectivity index (χ1) is 25.8. The zero-order chi connectivity index (χ0) is 34.4. The maximum Gasteiger partial charge on any atom is 0.135 e. The van der Waals surface area contributed by atoms with E-state index in [0.29, 0.717) is 0 Å². The van der Waals surface area contributed by atoms with E-state index in [4.69, 9.17) is 4.42 Å². The Morgan fingerprint density at radius 2 is 1.06 bits per heavy atom. The monoisotopic (exact) mass is 665 g/mol. The number of benzene rings is 7. The van der Waals surface area contributed by atoms with Gasteiger partial charge in [0.05, 0.1) is 0 Å². The van der Waals surface area contributed by atoms with E-state index >= 15 is 0 Å². The quantitative estimate of drug-likeness (QED) is 0.176. The predicted octanol–water partition coefficient (Wildman–Crippen LogP) is 13.6. The van der Waals surface area contributed by atoms with E-state index in [1.54, 1.807) is 0 Å². The molecule has 0 N–H and O–H groups in total. The Bertz CT molecular complexity index is 2670. The number of hydrogen-bond acceptors (Lipinski definition) is 2. The van der Waals surface area contributed by atoms with Crippen molar-refractivity contribution in [3.63, 3.8) is 0 Å². The molecule has 7 aromatic carbocycles. The summed E-state index contributed by atoms with van der Waals surface area (Å²) in [6.45, 7) is 0. The maximum absolute atomic E-state index is 6.84. The largest absolute Gasteiger partial charge is 0.460 e. The highest BCUT2D eigenvalue weighted by Crippen LogP contribution is 2.51. The molecule has 2 aliphatic rings. The van der Waals surface area contributed by atoms with Gasteiger partial charge < -0.3 is 9.32 Å². The summed E-state index contributed by atoms with van der Waals surface area (Å²) < 4.78 is 6.84. The molecule has 0 radical (unpaired) electrons. The molecule has 1 aromatic heterocycles. The zero-order valence-corrected chi connectivity index (χ0v) is 28.6. The van der Waals surface area contributed by atoms with Crippen LogP contribution in [0.1, 0.15) is 17.2 Å². The van der Waals surface area contributed by atoms with E-state index in [9.17, 15) is 0 Å². The van der Waals surface area contributed by atoms with Gasteiger partial charge in [-0.3, -0.25) is 0 Å². The number of rotatable bonds is 6. The summed E-state index contributed by atoms with van der Waals surface area (Å²) in [5.41, 5.74) is 12.7. The first kappa shape index (κ1) is 30.2. The summed E-state index contributed by atoms with van der Waals surface area (Å²) in [7, 11) is 0. The smallest absolute Gasteiger partial charge is 0.135 e. The Morgan fingerprint density at radius 1 is 0.462 bits per heavy atom. The van der Waals surface area contributed by atoms with Gasteiger partial charge in [0.1, 0.15) is 11.3 Å². The number of fused-ring (bicyclic) bond motifs is 6. The lowest BCUT2D eigenvalue weighted by Gasteiger charge is -2.37. The minimum absolute atomic E-state index is 0.0627. The first-order valence-corrected chi connectivity index (χ1v) is 18.0. The van der Waals surface area contributed by atoms with Gasteiger partial charge in [0.15, 0.2) is 0 Å². The van der Waals surface area contributed by atoms with E-state index in [-0.39, 0.29) is 11.8 Å². The van der Waals surface area contributed by atoms with Crippen molar-refractivity contribution in [2.75, 3.05) is 4.90 Å². The molecule has 0 aliphatic heterocycles. The number of anilines is 2. The lowest BCUT2D eigenvalue weighted by molar-refractivity contribution is 0.480. The number of hydrogen-bond donors (Lipinski definition) is 0. The third-order valence-corrected chi connectivity index (χ3v) is 10.6. The normalized spacial score (nSPS) is 16.0. The van der Waals surface area contributed by atoms with E-state index in [0.717, 1.165) is 33.7 Å². The van der Waals surface area contributed by atoms with Gasteiger partial charge in [0.2, 0.25) is 0 Å². The minimum atomic E-state index is 0.0627. The van der Waals surface area contributed by atoms with Crippen LogP contribution in [0.3, 0.4) is 0 Å². The van der Waals surface area contributed by atoms with Gasteiger partial charge in [0.25, 0.3) is 0 Å². The summed E-state index contributed by atoms with van der Waals surface area (Å²) >= 11 is 0. The molecule has 10 rings (SSSR count). The Labute approximate surface area is 303 Å². The summed E-state index contributed by atoms with van der Waals surface area (Å²) in [5.74, 6) is 1.18. The fraction of sp³-hybridized carbons (Fsp3) is 0.0400. The highest BCUT2D eigenvalue weighted by Gasteiger charge is 2.37. The number of allylic oxidation sites excluding steroid dienone is 4. The van der Waals surface area contributed by atoms with Crippen LogP contribution in [0.25, 0.3) is 61.2 Å². The highest BCUT2D eigenvalue weighted by molar-refractivity contribution is 6.08. The molecule has 0 fully saturated rings. The van der Waals surface area contributed by atoms with Gasteiger partial charge in [-0.2, -0.15) is 0 Å². The second-order valence-electron chi connectivity index (χ2n) is 13.6. The fourth-order valence-electron chi connectivity index (χ4n) is 8.20. The van der Waals surface area contributed by atoms with Gasteiger partial charge in [-0.25, -0.2) is 0 Å². The van der Waals surface area contributed by atoms with Gasteiger partial charge in [-0.15, -0.1) is 0 Å². The molecular formula is C50H35NO. The topological polar surface area (TPSA) is 16.4 Å². The Kier molecular flexibility index (Phi) is 7.32. The average Bonchev–Trinajstić information content (AvgIpc) is 3.61. The van der Waals surface area contributed by atoms with Crippen molar-refractivity contribution in [2.24, 2.45) is 5.92 Å². The fourth-order valence-corrected chi connectivity index (χ4v) is 8.20. The zero-order valence-electron chi connectivity index (χ0n) is 28.6. The van der Waals surface area contributed by atoms with E-state index in [1.807, 2.05) is 0 Å². The van der Waals surface area contributed by atoms with E-state index < -0.39 is 0 Å². The van der Waals surface area contributed by atoms with Crippen LogP contribution >= 0.6 is 0 Å². The van der Waals surface area contributed by atoms with Crippen molar-refractivity contribution in [1.29, 1.82) is 0 Å². The molecule has 0 spiro atoms. The molecule has 52 heavy (non-hydrogen) atoms. The second kappa shape index (κ2) is 12.6. The molecule has 0 bridgehead atoms. The summed E-state index contributed by atoms with van der Waals surface area (Å²) in [6.07, 6.45) is 11.4. The van der Waals surface area contributed by atoms with Gasteiger partial charge in [-0.1, -0.05) is 164 Å². The molecule has 2 heteroatoms. The van der Waals surface area contributed by atoms with Crippen LogP contribution < -0.4 is 4.90 Å². The van der Waals surface area contributed by atoms with Gasteiger partial charge in [0, 0.05) is 39.9 Å². The summed E-state index contributed by atoms with van der Waals surface area (Å²) in [5, 5.41) is 3.63. The number of furan rings is 1. The van der Waals surface area contributed by atoms with Crippen LogP contribution in [0.2, 0.25) is 0 Å². The van der Waals surface area contributed by atoms with Crippen molar-refractivity contribution in [3.05, 3.63) is 211 Å². The van der Waals surface area contributed by atoms with E-state index in [2.05, 4.69) is 205 Å². The highest BCUT2D eigenvalue weighted by atomic mass is 16.3. The first-order valence-electron chi connectivity index (χ1n) is 18.0. The molecule has 1 heterocycles. The van der Waals surface area contributed by atoms with Crippen molar-refractivity contribution in [2.45, 2.75) is 5.92 Å². The standard InChI is InChI=1S/C50H35NO/c1-3-14-34(15-4-1)35-28-30-36(31-29-35)38-18-11-21-40(32-38)51(39-19-5-2-6-20-39)47-33-46-49-44(42-25-12-17-37-16-7-8-22-41(37)42)26-13-27-48(49)52-50(46)45-24-10-9-23-43(45)47/h1-33,43,45H. The lowest BCUT2D eigenvalue weighted by Crippen LogP contribution is -2.28. The van der Waals surface area contributed by atoms with Crippen molar-refractivity contribution in [1.82, 2.24) is 0 Å². The number of para-hydroxylation sites is 1. The van der Waals surface area contributed by atoms with E-state index in [1.165, 1.54) is 49.9 Å². The summed E-state index contributed by atoms with van der Waals surface area (Å²) in [6, 6.07) is 60.9. The minimum Gasteiger partial charge on any atom is -0.460 e. The van der Waals surface area contributed by atoms with Crippen molar-refractivity contribution < 1.29 is 4.42 Å². The summed E-state index contributed by atoms with van der Waals surface area (Å²) in [4.78, 5) is 2.45. The molecule has 0 saturated heterocycles. The predicted molar refractivity (Wildman–Crippen MR) is 218 cm³/mol. The molecule has 246 valence electrons. The second-order valence-corrected chi connectivity index (χ2v) is 13.6. The van der Waals surface area contributed by atoms with Crippen LogP contribution in [-0.2, 0) is 0 Å². The molecule has 0 saturated carbocycles. The van der Waals surface area contributed by atoms with Crippen LogP contribution in [0, 0.1) is 5.92 Å². The Hall–Kier alpha value is -6.64. The Morgan fingerprint density at radius 3 is 1.88 bits per heavy atom. The SMILES string of the molecule is C1=CC2C(N(c3ccccc3)c3cccc(-c4ccc(-c5ccccc5)cc4)c3)=Cc3c(oc4cccc(-c5cccc6ccccc56)c34)C2C=C1. The maximum atomic E-state index is 6.84. The number of nitrogens with zero attached hydrogens (tertiary/aromatic N) is 1. The molecule has 2 aliphatic carbocycles. The van der Waals surface area contributed by atoms with Crippen molar-refractivity contribution >= 4 is 39.2 Å². The van der Waals surface area contributed by atoms with Crippen LogP contribution in [0.4, 0.5) is 11.4 Å². The molecular weight excluding hydrogens is 631 g/mol. The van der Waals surface area contributed by atoms with Crippen LogP contribution in [0.15, 0.2) is 204 Å². The molecule has 2 unspecified atom stereocenters.